The van der Waals surface area contributed by atoms with Crippen LogP contribution in [0.25, 0.3) is 0 Å². The summed E-state index contributed by atoms with van der Waals surface area (Å²) in [5, 5.41) is 10.4. The quantitative estimate of drug-likeness (QED) is 0.563. The van der Waals surface area contributed by atoms with Gasteiger partial charge in [-0.1, -0.05) is 18.2 Å². The van der Waals surface area contributed by atoms with Crippen LogP contribution in [0.1, 0.15) is 52.3 Å². The monoisotopic (exact) mass is 414 g/mol. The van der Waals surface area contributed by atoms with E-state index >= 15 is 0 Å². The first-order valence-electron chi connectivity index (χ1n) is 10.5. The van der Waals surface area contributed by atoms with E-state index in [-0.39, 0.29) is 23.5 Å². The Morgan fingerprint density at radius 3 is 1.80 bits per heavy atom. The Morgan fingerprint density at radius 2 is 1.37 bits per heavy atom. The molecule has 7 heteroatoms. The first-order valence-corrected chi connectivity index (χ1v) is 10.5. The highest BCUT2D eigenvalue weighted by atomic mass is 16.3. The van der Waals surface area contributed by atoms with E-state index < -0.39 is 0 Å². The van der Waals surface area contributed by atoms with Crippen LogP contribution in [0.5, 0.6) is 5.75 Å². The van der Waals surface area contributed by atoms with Gasteiger partial charge in [-0.3, -0.25) is 29.4 Å². The van der Waals surface area contributed by atoms with Gasteiger partial charge in [0.2, 0.25) is 0 Å². The lowest BCUT2D eigenvalue weighted by Gasteiger charge is -2.30. The van der Waals surface area contributed by atoms with Crippen molar-refractivity contribution in [1.29, 1.82) is 0 Å². The summed E-state index contributed by atoms with van der Waals surface area (Å²) in [4.78, 5) is 36.2. The maximum absolute atomic E-state index is 11.2. The number of ketones is 2. The Bertz CT molecular complexity index is 759. The molecule has 7 nitrogen and oxygen atoms in total. The number of aromatic hydroxyl groups is 1. The Balaban J connectivity index is 2.08. The molecule has 0 spiro atoms. The lowest BCUT2D eigenvalue weighted by atomic mass is 10.1. The number of rotatable bonds is 11. The van der Waals surface area contributed by atoms with Crippen molar-refractivity contribution < 1.29 is 14.7 Å². The summed E-state index contributed by atoms with van der Waals surface area (Å²) in [5.41, 5.74) is 2.59. The molecule has 1 N–H and O–H groups in total. The fraction of sp³-hybridized carbons (Fsp3) is 0.565. The zero-order chi connectivity index (χ0) is 22.1. The number of hydrogen-bond acceptors (Lipinski definition) is 7. The molecular formula is C23H34N4O3. The van der Waals surface area contributed by atoms with Gasteiger partial charge in [0.1, 0.15) is 17.3 Å². The van der Waals surface area contributed by atoms with Crippen LogP contribution in [0, 0.1) is 0 Å². The van der Waals surface area contributed by atoms with Gasteiger partial charge in [0.15, 0.2) is 0 Å². The summed E-state index contributed by atoms with van der Waals surface area (Å²) in [6.07, 6.45) is 0.747. The largest absolute Gasteiger partial charge is 0.508 e. The Morgan fingerprint density at radius 1 is 0.900 bits per heavy atom. The number of para-hydroxylation sites is 1. The maximum Gasteiger partial charge on any atom is 0.135 e. The number of phenolic OH excluding ortho intramolecular Hbond substituents is 1. The summed E-state index contributed by atoms with van der Waals surface area (Å²) in [7, 11) is 0. The number of Topliss-reactive ketones (excluding diaryl/α,β-unsaturated/α-hetero) is 2. The topological polar surface area (TPSA) is 85.6 Å². The van der Waals surface area contributed by atoms with Crippen molar-refractivity contribution >= 4 is 23.0 Å². The number of carbonyl (C=O) groups is 2. The van der Waals surface area contributed by atoms with Crippen LogP contribution in [0.3, 0.4) is 0 Å². The molecule has 0 amide bonds. The molecule has 0 unspecified atom stereocenters. The second-order valence-electron chi connectivity index (χ2n) is 8.00. The Labute approximate surface area is 179 Å². The molecule has 0 aliphatic carbocycles. The average Bonchev–Trinajstić information content (AvgIpc) is 3.03. The SMILES string of the molecule is CC(=O)CC(C)=NCCN1CCN(CCN=C(C)CC(C)=O)C1c1ccccc1O. The summed E-state index contributed by atoms with van der Waals surface area (Å²) >= 11 is 0. The van der Waals surface area contributed by atoms with E-state index in [1.807, 2.05) is 32.0 Å². The average molecular weight is 415 g/mol. The van der Waals surface area contributed by atoms with E-state index in [0.717, 1.165) is 43.2 Å². The molecule has 164 valence electrons. The predicted octanol–water partition coefficient (Wildman–Crippen LogP) is 2.89. The minimum absolute atomic E-state index is 0.0437. The Hall–Kier alpha value is -2.38. The van der Waals surface area contributed by atoms with Crippen LogP contribution in [-0.4, -0.2) is 77.2 Å². The van der Waals surface area contributed by atoms with Crippen molar-refractivity contribution in [3.05, 3.63) is 29.8 Å². The molecule has 1 aromatic carbocycles. The molecule has 0 bridgehead atoms. The van der Waals surface area contributed by atoms with E-state index in [9.17, 15) is 14.7 Å². The van der Waals surface area contributed by atoms with E-state index in [0.29, 0.717) is 25.9 Å². The van der Waals surface area contributed by atoms with Gasteiger partial charge in [-0.2, -0.15) is 0 Å². The number of carbonyl (C=O) groups excluding carboxylic acids is 2. The van der Waals surface area contributed by atoms with Gasteiger partial charge >= 0.3 is 0 Å². The third kappa shape index (κ3) is 7.46. The van der Waals surface area contributed by atoms with Crippen molar-refractivity contribution in [2.24, 2.45) is 9.98 Å². The van der Waals surface area contributed by atoms with Crippen molar-refractivity contribution in [3.8, 4) is 5.75 Å². The van der Waals surface area contributed by atoms with Crippen LogP contribution in [-0.2, 0) is 9.59 Å². The lowest BCUT2D eigenvalue weighted by molar-refractivity contribution is -0.116. The van der Waals surface area contributed by atoms with Crippen LogP contribution in [0.15, 0.2) is 34.3 Å². The predicted molar refractivity (Wildman–Crippen MR) is 121 cm³/mol. The minimum Gasteiger partial charge on any atom is -0.508 e. The summed E-state index contributed by atoms with van der Waals surface area (Å²) in [5.74, 6) is 0.527. The first kappa shape index (κ1) is 23.9. The normalized spacial score (nSPS) is 18.7. The fourth-order valence-corrected chi connectivity index (χ4v) is 3.87. The third-order valence-corrected chi connectivity index (χ3v) is 5.13. The van der Waals surface area contributed by atoms with E-state index in [4.69, 9.17) is 0 Å². The minimum atomic E-state index is -0.0437. The van der Waals surface area contributed by atoms with Crippen LogP contribution in [0.4, 0.5) is 0 Å². The van der Waals surface area contributed by atoms with Gasteiger partial charge in [-0.05, 0) is 33.8 Å². The van der Waals surface area contributed by atoms with Gasteiger partial charge < -0.3 is 5.11 Å². The second kappa shape index (κ2) is 11.7. The van der Waals surface area contributed by atoms with Crippen LogP contribution >= 0.6 is 0 Å². The number of benzene rings is 1. The molecule has 2 rings (SSSR count). The molecule has 0 aromatic heterocycles. The van der Waals surface area contributed by atoms with Gasteiger partial charge in [0.05, 0.1) is 19.3 Å². The highest BCUT2D eigenvalue weighted by Crippen LogP contribution is 2.34. The summed E-state index contributed by atoms with van der Waals surface area (Å²) < 4.78 is 0. The lowest BCUT2D eigenvalue weighted by Crippen LogP contribution is -2.34. The number of hydrogen-bond donors (Lipinski definition) is 1. The first-order chi connectivity index (χ1) is 14.3. The zero-order valence-electron chi connectivity index (χ0n) is 18.6. The summed E-state index contributed by atoms with van der Waals surface area (Å²) in [6, 6.07) is 7.44. The molecule has 1 heterocycles. The Kier molecular flexibility index (Phi) is 9.33. The number of phenols is 1. The van der Waals surface area contributed by atoms with E-state index in [1.165, 1.54) is 0 Å². The van der Waals surface area contributed by atoms with Crippen molar-refractivity contribution in [2.75, 3.05) is 39.3 Å². The van der Waals surface area contributed by atoms with Gasteiger partial charge in [0.25, 0.3) is 0 Å². The van der Waals surface area contributed by atoms with E-state index in [2.05, 4.69) is 19.8 Å². The van der Waals surface area contributed by atoms with Gasteiger partial charge in [-0.15, -0.1) is 0 Å². The highest BCUT2D eigenvalue weighted by molar-refractivity contribution is 6.00. The number of nitrogens with zero attached hydrogens (tertiary/aromatic N) is 4. The molecular weight excluding hydrogens is 380 g/mol. The van der Waals surface area contributed by atoms with Crippen molar-refractivity contribution in [3.63, 3.8) is 0 Å². The smallest absolute Gasteiger partial charge is 0.135 e. The zero-order valence-corrected chi connectivity index (χ0v) is 18.6. The second-order valence-corrected chi connectivity index (χ2v) is 8.00. The van der Waals surface area contributed by atoms with Crippen LogP contribution < -0.4 is 0 Å². The standard InChI is InChI=1S/C23H34N4O3/c1-17(15-19(3)28)24-9-11-26-13-14-27(12-10-25-18(2)16-20(4)29)23(26)21-7-5-6-8-22(21)30/h5-8,23,30H,9-16H2,1-4H3. The molecule has 1 fully saturated rings. The molecule has 1 aromatic rings. The van der Waals surface area contributed by atoms with Crippen LogP contribution in [0.2, 0.25) is 0 Å². The van der Waals surface area contributed by atoms with Crippen molar-refractivity contribution in [2.45, 2.75) is 46.7 Å². The van der Waals surface area contributed by atoms with Gasteiger partial charge in [0, 0.05) is 56.0 Å². The highest BCUT2D eigenvalue weighted by Gasteiger charge is 2.33. The van der Waals surface area contributed by atoms with Gasteiger partial charge in [-0.25, -0.2) is 0 Å². The van der Waals surface area contributed by atoms with E-state index in [1.54, 1.807) is 19.9 Å². The molecule has 1 saturated heterocycles. The van der Waals surface area contributed by atoms with Crippen molar-refractivity contribution in [1.82, 2.24) is 9.80 Å². The number of aliphatic imine (C=N–C) groups is 2. The molecule has 0 saturated carbocycles. The summed E-state index contributed by atoms with van der Waals surface area (Å²) in [6.45, 7) is 11.4. The molecule has 1 aliphatic rings. The molecule has 0 atom stereocenters. The third-order valence-electron chi connectivity index (χ3n) is 5.13. The molecule has 30 heavy (non-hydrogen) atoms. The fourth-order valence-electron chi connectivity index (χ4n) is 3.87. The molecule has 1 aliphatic heterocycles. The maximum atomic E-state index is 11.2. The molecule has 0 radical (unpaired) electrons.